The highest BCUT2D eigenvalue weighted by molar-refractivity contribution is 6.41. The molecule has 6 heteroatoms. The SMILES string of the molecule is CC(C)OCn1ncc(Cl)c(Cl)c1=O. The molecular weight excluding hydrogens is 227 g/mol. The van der Waals surface area contributed by atoms with E-state index < -0.39 is 5.56 Å². The summed E-state index contributed by atoms with van der Waals surface area (Å²) in [6.07, 6.45) is 1.34. The van der Waals surface area contributed by atoms with Crippen LogP contribution in [0, 0.1) is 0 Å². The van der Waals surface area contributed by atoms with Gasteiger partial charge in [-0.1, -0.05) is 23.2 Å². The zero-order valence-electron chi connectivity index (χ0n) is 7.83. The van der Waals surface area contributed by atoms with Gasteiger partial charge < -0.3 is 4.74 Å². The lowest BCUT2D eigenvalue weighted by Crippen LogP contribution is -2.25. The van der Waals surface area contributed by atoms with Crippen molar-refractivity contribution in [3.63, 3.8) is 0 Å². The van der Waals surface area contributed by atoms with E-state index in [4.69, 9.17) is 27.9 Å². The maximum atomic E-state index is 11.4. The Morgan fingerprint density at radius 1 is 1.57 bits per heavy atom. The number of hydrogen-bond acceptors (Lipinski definition) is 3. The van der Waals surface area contributed by atoms with Crippen molar-refractivity contribution >= 4 is 23.2 Å². The van der Waals surface area contributed by atoms with Crippen molar-refractivity contribution in [2.75, 3.05) is 0 Å². The van der Waals surface area contributed by atoms with E-state index in [2.05, 4.69) is 5.10 Å². The summed E-state index contributed by atoms with van der Waals surface area (Å²) in [5.41, 5.74) is -0.445. The molecule has 0 N–H and O–H groups in total. The Hall–Kier alpha value is -0.580. The Bertz CT molecular complexity index is 376. The van der Waals surface area contributed by atoms with E-state index in [9.17, 15) is 4.79 Å². The van der Waals surface area contributed by atoms with Gasteiger partial charge in [0.25, 0.3) is 5.56 Å². The second kappa shape index (κ2) is 4.77. The van der Waals surface area contributed by atoms with Crippen molar-refractivity contribution in [1.82, 2.24) is 9.78 Å². The third kappa shape index (κ3) is 2.70. The Kier molecular flexibility index (Phi) is 3.92. The van der Waals surface area contributed by atoms with Gasteiger partial charge in [0.15, 0.2) is 0 Å². The molecule has 1 aromatic heterocycles. The summed E-state index contributed by atoms with van der Waals surface area (Å²) in [5, 5.41) is 3.89. The molecule has 1 rings (SSSR count). The van der Waals surface area contributed by atoms with Gasteiger partial charge in [-0.2, -0.15) is 5.10 Å². The molecule has 0 aliphatic heterocycles. The second-order valence-corrected chi connectivity index (χ2v) is 3.74. The largest absolute Gasteiger partial charge is 0.356 e. The molecule has 0 aliphatic carbocycles. The molecule has 0 radical (unpaired) electrons. The molecule has 0 saturated carbocycles. The minimum Gasteiger partial charge on any atom is -0.356 e. The van der Waals surface area contributed by atoms with Gasteiger partial charge in [0.1, 0.15) is 11.8 Å². The van der Waals surface area contributed by atoms with Crippen LogP contribution in [-0.2, 0) is 11.5 Å². The third-order valence-corrected chi connectivity index (χ3v) is 2.22. The molecule has 0 saturated heterocycles. The molecule has 0 amide bonds. The van der Waals surface area contributed by atoms with Gasteiger partial charge >= 0.3 is 0 Å². The van der Waals surface area contributed by atoms with Crippen molar-refractivity contribution in [3.05, 3.63) is 26.6 Å². The highest BCUT2D eigenvalue weighted by Gasteiger charge is 2.07. The molecule has 1 aromatic rings. The molecule has 0 aromatic carbocycles. The Labute approximate surface area is 91.4 Å². The molecule has 14 heavy (non-hydrogen) atoms. The number of rotatable bonds is 3. The highest BCUT2D eigenvalue weighted by atomic mass is 35.5. The number of halogens is 2. The van der Waals surface area contributed by atoms with Crippen LogP contribution in [0.4, 0.5) is 0 Å². The lowest BCUT2D eigenvalue weighted by molar-refractivity contribution is 0.0194. The quantitative estimate of drug-likeness (QED) is 0.806. The van der Waals surface area contributed by atoms with Gasteiger partial charge in [0.05, 0.1) is 17.3 Å². The molecule has 4 nitrogen and oxygen atoms in total. The van der Waals surface area contributed by atoms with Crippen molar-refractivity contribution in [2.24, 2.45) is 0 Å². The van der Waals surface area contributed by atoms with Crippen LogP contribution in [0.3, 0.4) is 0 Å². The van der Waals surface area contributed by atoms with Gasteiger partial charge in [-0.15, -0.1) is 0 Å². The maximum absolute atomic E-state index is 11.4. The summed E-state index contributed by atoms with van der Waals surface area (Å²) in [6.45, 7) is 3.80. The number of aromatic nitrogens is 2. The monoisotopic (exact) mass is 236 g/mol. The first-order valence-electron chi connectivity index (χ1n) is 4.05. The fourth-order valence-corrected chi connectivity index (χ4v) is 1.03. The lowest BCUT2D eigenvalue weighted by atomic mass is 10.5. The third-order valence-electron chi connectivity index (χ3n) is 1.47. The first-order chi connectivity index (χ1) is 6.52. The van der Waals surface area contributed by atoms with Crippen LogP contribution in [0.2, 0.25) is 10.0 Å². The Morgan fingerprint density at radius 3 is 2.79 bits per heavy atom. The van der Waals surface area contributed by atoms with Gasteiger partial charge in [0.2, 0.25) is 0 Å². The smallest absolute Gasteiger partial charge is 0.289 e. The summed E-state index contributed by atoms with van der Waals surface area (Å²) >= 11 is 11.2. The van der Waals surface area contributed by atoms with Crippen LogP contribution < -0.4 is 5.56 Å². The summed E-state index contributed by atoms with van der Waals surface area (Å²) in [4.78, 5) is 11.4. The second-order valence-electron chi connectivity index (χ2n) is 2.96. The van der Waals surface area contributed by atoms with Crippen LogP contribution in [0.15, 0.2) is 11.0 Å². The van der Waals surface area contributed by atoms with E-state index in [0.29, 0.717) is 0 Å². The van der Waals surface area contributed by atoms with E-state index in [0.717, 1.165) is 4.68 Å². The van der Waals surface area contributed by atoms with Gasteiger partial charge in [-0.3, -0.25) is 4.79 Å². The first-order valence-corrected chi connectivity index (χ1v) is 4.80. The fourth-order valence-electron chi connectivity index (χ4n) is 0.757. The number of ether oxygens (including phenoxy) is 1. The molecule has 0 unspecified atom stereocenters. The topological polar surface area (TPSA) is 44.1 Å². The van der Waals surface area contributed by atoms with Crippen molar-refractivity contribution < 1.29 is 4.74 Å². The average Bonchev–Trinajstić information content (AvgIpc) is 2.13. The molecule has 78 valence electrons. The summed E-state index contributed by atoms with van der Waals surface area (Å²) in [7, 11) is 0. The van der Waals surface area contributed by atoms with Gasteiger partial charge in [-0.05, 0) is 13.8 Å². The van der Waals surface area contributed by atoms with E-state index in [1.807, 2.05) is 13.8 Å². The van der Waals surface area contributed by atoms with Crippen molar-refractivity contribution in [1.29, 1.82) is 0 Å². The minimum absolute atomic E-state index is 0.0261. The van der Waals surface area contributed by atoms with E-state index in [1.54, 1.807) is 0 Å². The highest BCUT2D eigenvalue weighted by Crippen LogP contribution is 2.14. The molecule has 0 spiro atoms. The molecular formula is C8H10Cl2N2O2. The van der Waals surface area contributed by atoms with E-state index in [1.165, 1.54) is 6.20 Å². The summed E-state index contributed by atoms with van der Waals surface area (Å²) < 4.78 is 6.32. The van der Waals surface area contributed by atoms with Crippen LogP contribution in [-0.4, -0.2) is 15.9 Å². The van der Waals surface area contributed by atoms with Gasteiger partial charge in [0, 0.05) is 0 Å². The van der Waals surface area contributed by atoms with E-state index >= 15 is 0 Å². The Balaban J connectivity index is 2.89. The van der Waals surface area contributed by atoms with Gasteiger partial charge in [-0.25, -0.2) is 4.68 Å². The fraction of sp³-hybridized carbons (Fsp3) is 0.500. The first kappa shape index (κ1) is 11.5. The number of nitrogens with zero attached hydrogens (tertiary/aromatic N) is 2. The molecule has 1 heterocycles. The summed E-state index contributed by atoms with van der Waals surface area (Å²) in [6, 6.07) is 0. The van der Waals surface area contributed by atoms with Crippen LogP contribution >= 0.6 is 23.2 Å². The number of hydrogen-bond donors (Lipinski definition) is 0. The molecule has 0 bridgehead atoms. The van der Waals surface area contributed by atoms with Crippen LogP contribution in [0.1, 0.15) is 13.8 Å². The summed E-state index contributed by atoms with van der Waals surface area (Å²) in [5.74, 6) is 0. The van der Waals surface area contributed by atoms with E-state index in [-0.39, 0.29) is 22.9 Å². The average molecular weight is 237 g/mol. The normalized spacial score (nSPS) is 10.9. The molecule has 0 aliphatic rings. The minimum atomic E-state index is -0.445. The standard InChI is InChI=1S/C8H10Cl2N2O2/c1-5(2)14-4-12-8(13)7(10)6(9)3-11-12/h3,5H,4H2,1-2H3. The van der Waals surface area contributed by atoms with Crippen LogP contribution in [0.25, 0.3) is 0 Å². The lowest BCUT2D eigenvalue weighted by Gasteiger charge is -2.08. The Morgan fingerprint density at radius 2 is 2.21 bits per heavy atom. The molecule has 0 atom stereocenters. The van der Waals surface area contributed by atoms with Crippen molar-refractivity contribution in [3.8, 4) is 0 Å². The van der Waals surface area contributed by atoms with Crippen molar-refractivity contribution in [2.45, 2.75) is 26.7 Å². The predicted molar refractivity (Wildman–Crippen MR) is 54.7 cm³/mol. The zero-order chi connectivity index (χ0) is 10.7. The van der Waals surface area contributed by atoms with Crippen LogP contribution in [0.5, 0.6) is 0 Å². The zero-order valence-corrected chi connectivity index (χ0v) is 9.34. The molecule has 0 fully saturated rings. The predicted octanol–water partition coefficient (Wildman–Crippen LogP) is 1.93. The maximum Gasteiger partial charge on any atom is 0.289 e.